The number of nitrogens with one attached hydrogen (secondary N) is 3. The van der Waals surface area contributed by atoms with Crippen LogP contribution in [0.5, 0.6) is 23.0 Å². The fraction of sp³-hybridized carbons (Fsp3) is 0.711. The molecule has 5 N–H and O–H groups in total. The van der Waals surface area contributed by atoms with Crippen molar-refractivity contribution in [1.29, 1.82) is 0 Å². The van der Waals surface area contributed by atoms with E-state index >= 15 is 0 Å². The number of nitrogens with zero attached hydrogens (tertiary/aromatic N) is 1. The molecule has 15 nitrogen and oxygen atoms in total. The third-order valence-corrected chi connectivity index (χ3v) is 21.9. The number of ether oxygens (including phenoxy) is 4. The summed E-state index contributed by atoms with van der Waals surface area (Å²) in [4.78, 5) is 0.126. The summed E-state index contributed by atoms with van der Waals surface area (Å²) in [5, 5.41) is 3.16. The van der Waals surface area contributed by atoms with Gasteiger partial charge in [0.2, 0.25) is 30.1 Å². The molecule has 0 aliphatic carbocycles. The number of sulfonamides is 3. The quantitative estimate of drug-likeness (QED) is 0.0308. The van der Waals surface area contributed by atoms with Crippen LogP contribution < -0.4 is 39.4 Å². The van der Waals surface area contributed by atoms with Crippen LogP contribution in [0.1, 0.15) is 285 Å². The average molecular weight is 1370 g/mol. The van der Waals surface area contributed by atoms with E-state index in [4.69, 9.17) is 24.7 Å². The van der Waals surface area contributed by atoms with Gasteiger partial charge in [0.25, 0.3) is 0 Å². The minimum atomic E-state index is -4.10. The van der Waals surface area contributed by atoms with E-state index in [0.717, 1.165) is 64.2 Å². The summed E-state index contributed by atoms with van der Waals surface area (Å²) in [5.74, 6) is 1.84. The smallest absolute Gasteiger partial charge is 0.243 e. The molecule has 0 aromatic heterocycles. The van der Waals surface area contributed by atoms with Crippen molar-refractivity contribution in [3.63, 3.8) is 0 Å². The molecule has 18 heteroatoms. The van der Waals surface area contributed by atoms with Crippen molar-refractivity contribution < 1.29 is 44.2 Å². The number of nitrogens with two attached hydrogens (primary N) is 1. The fourth-order valence-corrected chi connectivity index (χ4v) is 14.6. The SMILES string of the molecule is CCCCCCCCCCCCOc1ccc(S(=O)(=O)NC/C=C/CN(C/C=C/CNS(=O)(=O)c2ccc(OCCCCCCCCCCCC)c(OCCCCCCCCCCCC)c2)S(=O)(=O)c2ccc(NCCN)cc2)cc1OCCCCCCCCCCCC. The van der Waals surface area contributed by atoms with Gasteiger partial charge in [-0.05, 0) is 74.2 Å². The summed E-state index contributed by atoms with van der Waals surface area (Å²) in [6, 6.07) is 15.9. The summed E-state index contributed by atoms with van der Waals surface area (Å²) < 4.78 is 115. The lowest BCUT2D eigenvalue weighted by atomic mass is 10.1. The van der Waals surface area contributed by atoms with Crippen molar-refractivity contribution in [3.05, 3.63) is 85.0 Å². The number of anilines is 1. The van der Waals surface area contributed by atoms with Crippen LogP contribution in [0.3, 0.4) is 0 Å². The zero-order chi connectivity index (χ0) is 67.9. The van der Waals surface area contributed by atoms with Crippen LogP contribution in [0.2, 0.25) is 0 Å². The van der Waals surface area contributed by atoms with Gasteiger partial charge in [-0.1, -0.05) is 283 Å². The van der Waals surface area contributed by atoms with Gasteiger partial charge in [-0.25, -0.2) is 34.7 Å². The highest BCUT2D eigenvalue weighted by molar-refractivity contribution is 7.90. The third-order valence-electron chi connectivity index (χ3n) is 17.2. The van der Waals surface area contributed by atoms with Gasteiger partial charge in [0.15, 0.2) is 23.0 Å². The molecular formula is C76H131N5O10S3. The zero-order valence-corrected chi connectivity index (χ0v) is 61.7. The Hall–Kier alpha value is -4.17. The topological polar surface area (TPSA) is 205 Å². The number of rotatable bonds is 65. The molecule has 0 heterocycles. The van der Waals surface area contributed by atoms with Gasteiger partial charge in [0.1, 0.15) is 0 Å². The highest BCUT2D eigenvalue weighted by atomic mass is 32.2. The molecule has 0 bridgehead atoms. The molecule has 3 aromatic carbocycles. The summed E-state index contributed by atoms with van der Waals surface area (Å²) in [7, 11) is -12.2. The van der Waals surface area contributed by atoms with Crippen LogP contribution in [0.15, 0.2) is 99.7 Å². The van der Waals surface area contributed by atoms with E-state index in [1.807, 2.05) is 0 Å². The van der Waals surface area contributed by atoms with E-state index in [1.165, 1.54) is 233 Å². The Bertz CT molecular complexity index is 2600. The van der Waals surface area contributed by atoms with E-state index in [0.29, 0.717) is 68.2 Å². The molecule has 94 heavy (non-hydrogen) atoms. The Morgan fingerprint density at radius 1 is 0.351 bits per heavy atom. The molecule has 3 aromatic rings. The summed E-state index contributed by atoms with van der Waals surface area (Å²) in [6.07, 6.45) is 54.5. The molecule has 0 aliphatic rings. The first-order chi connectivity index (χ1) is 45.8. The first-order valence-corrected chi connectivity index (χ1v) is 41.9. The second-order valence-corrected chi connectivity index (χ2v) is 31.0. The third kappa shape index (κ3) is 39.3. The monoisotopic (exact) mass is 1370 g/mol. The Kier molecular flexibility index (Phi) is 49.0. The van der Waals surface area contributed by atoms with Crippen molar-refractivity contribution in [1.82, 2.24) is 13.7 Å². The minimum Gasteiger partial charge on any atom is -0.490 e. The first-order valence-electron chi connectivity index (χ1n) is 37.5. The number of unbranched alkanes of at least 4 members (excludes halogenated alkanes) is 36. The summed E-state index contributed by atoms with van der Waals surface area (Å²) in [6.45, 7) is 11.4. The predicted octanol–water partition coefficient (Wildman–Crippen LogP) is 19.3. The Morgan fingerprint density at radius 2 is 0.628 bits per heavy atom. The standard InChI is InChI=1S/C76H131N5O10S3/c1-5-9-13-17-21-25-29-33-37-45-63-88-73-55-53-71(67-75(73)90-65-47-39-35-31-27-23-19-15-11-7-3)92(82,83)79-58-41-43-61-81(94(86,87)70-51-49-69(50-52-70)78-60-57-77)62-44-42-59-80-93(84,85)72-54-56-74(89-64-46-38-34-30-26-22-18-14-10-6-2)76(68-72)91-66-48-40-36-32-28-24-20-16-12-8-4/h41-44,49-56,67-68,78-80H,5-40,45-48,57-66,77H2,1-4H3/b43-41+,44-42+. The maximum Gasteiger partial charge on any atom is 0.243 e. The number of hydrogen-bond acceptors (Lipinski definition) is 12. The van der Waals surface area contributed by atoms with Gasteiger partial charge < -0.3 is 30.0 Å². The first kappa shape index (κ1) is 84.1. The lowest BCUT2D eigenvalue weighted by Gasteiger charge is -2.20. The van der Waals surface area contributed by atoms with E-state index in [1.54, 1.807) is 48.6 Å². The maximum atomic E-state index is 14.3. The highest BCUT2D eigenvalue weighted by Gasteiger charge is 2.24. The normalized spacial score (nSPS) is 12.2. The van der Waals surface area contributed by atoms with Crippen molar-refractivity contribution in [2.45, 2.75) is 299 Å². The molecule has 0 saturated heterocycles. The molecular weight excluding hydrogens is 1240 g/mol. The lowest BCUT2D eigenvalue weighted by Crippen LogP contribution is -2.32. The van der Waals surface area contributed by atoms with Crippen LogP contribution >= 0.6 is 0 Å². The van der Waals surface area contributed by atoms with Crippen molar-refractivity contribution >= 4 is 35.8 Å². The molecule has 0 saturated carbocycles. The second-order valence-electron chi connectivity index (χ2n) is 25.5. The molecule has 0 spiro atoms. The molecule has 0 atom stereocenters. The largest absolute Gasteiger partial charge is 0.490 e. The van der Waals surface area contributed by atoms with E-state index < -0.39 is 30.1 Å². The Morgan fingerprint density at radius 3 is 0.926 bits per heavy atom. The van der Waals surface area contributed by atoms with Gasteiger partial charge in [-0.2, -0.15) is 4.31 Å². The fourth-order valence-electron chi connectivity index (χ4n) is 11.3. The van der Waals surface area contributed by atoms with Crippen molar-refractivity contribution in [2.75, 3.05) is 71.0 Å². The van der Waals surface area contributed by atoms with E-state index in [9.17, 15) is 25.3 Å². The average Bonchev–Trinajstić information content (AvgIpc) is 0.894. The van der Waals surface area contributed by atoms with Crippen LogP contribution in [0, 0.1) is 0 Å². The van der Waals surface area contributed by atoms with Gasteiger partial charge in [0, 0.05) is 57.1 Å². The van der Waals surface area contributed by atoms with E-state index in [2.05, 4.69) is 42.5 Å². The van der Waals surface area contributed by atoms with Crippen LogP contribution in [-0.2, 0) is 30.1 Å². The molecule has 3 rings (SSSR count). The Labute approximate surface area is 574 Å². The molecule has 0 unspecified atom stereocenters. The van der Waals surface area contributed by atoms with Gasteiger partial charge in [0.05, 0.1) is 41.1 Å². The molecule has 0 amide bonds. The zero-order valence-electron chi connectivity index (χ0n) is 59.3. The molecule has 0 radical (unpaired) electrons. The number of hydrogen-bond donors (Lipinski definition) is 4. The minimum absolute atomic E-state index is 0.0360. The van der Waals surface area contributed by atoms with Crippen molar-refractivity contribution in [3.8, 4) is 23.0 Å². The van der Waals surface area contributed by atoms with Crippen LogP contribution in [0.25, 0.3) is 0 Å². The Balaban J connectivity index is 1.70. The van der Waals surface area contributed by atoms with Gasteiger partial charge >= 0.3 is 0 Å². The van der Waals surface area contributed by atoms with Crippen LogP contribution in [0.4, 0.5) is 5.69 Å². The summed E-state index contributed by atoms with van der Waals surface area (Å²) in [5.41, 5.74) is 6.40. The highest BCUT2D eigenvalue weighted by Crippen LogP contribution is 2.33. The second kappa shape index (κ2) is 54.8. The number of benzene rings is 3. The lowest BCUT2D eigenvalue weighted by molar-refractivity contribution is 0.257. The molecule has 0 aliphatic heterocycles. The predicted molar refractivity (Wildman–Crippen MR) is 394 cm³/mol. The van der Waals surface area contributed by atoms with Gasteiger partial charge in [-0.3, -0.25) is 0 Å². The molecule has 0 fully saturated rings. The van der Waals surface area contributed by atoms with E-state index in [-0.39, 0.29) is 40.9 Å². The van der Waals surface area contributed by atoms with Crippen LogP contribution in [-0.4, -0.2) is 95.3 Å². The summed E-state index contributed by atoms with van der Waals surface area (Å²) >= 11 is 0. The molecule has 538 valence electrons. The van der Waals surface area contributed by atoms with Crippen molar-refractivity contribution in [2.24, 2.45) is 5.73 Å². The van der Waals surface area contributed by atoms with Gasteiger partial charge in [-0.15, -0.1) is 0 Å². The maximum absolute atomic E-state index is 14.3.